The van der Waals surface area contributed by atoms with Gasteiger partial charge in [-0.3, -0.25) is 9.69 Å². The SMILES string of the molecule is CN1C(=C(C#N)C(=O)CN2CCN(c3ccccc3Cl)CC2)N(C)c2ccccc21. The molecule has 0 spiro atoms. The average molecular weight is 422 g/mol. The lowest BCUT2D eigenvalue weighted by Crippen LogP contribution is -2.48. The Hall–Kier alpha value is -3.01. The Balaban J connectivity index is 1.46. The molecule has 4 rings (SSSR count). The van der Waals surface area contributed by atoms with E-state index in [0.717, 1.165) is 48.3 Å². The maximum absolute atomic E-state index is 13.1. The molecule has 0 aliphatic carbocycles. The van der Waals surface area contributed by atoms with Crippen molar-refractivity contribution in [2.75, 3.05) is 61.5 Å². The van der Waals surface area contributed by atoms with Gasteiger partial charge in [-0.15, -0.1) is 0 Å². The van der Waals surface area contributed by atoms with E-state index in [1.54, 1.807) is 0 Å². The molecule has 0 bridgehead atoms. The molecule has 1 fully saturated rings. The fourth-order valence-corrected chi connectivity index (χ4v) is 4.45. The summed E-state index contributed by atoms with van der Waals surface area (Å²) in [4.78, 5) is 21.2. The zero-order valence-corrected chi connectivity index (χ0v) is 17.9. The van der Waals surface area contributed by atoms with Crippen LogP contribution in [0.25, 0.3) is 0 Å². The first-order chi connectivity index (χ1) is 14.5. The van der Waals surface area contributed by atoms with Gasteiger partial charge in [0.05, 0.1) is 28.6 Å². The number of benzene rings is 2. The molecule has 0 radical (unpaired) electrons. The molecule has 0 aromatic heterocycles. The number of rotatable bonds is 4. The fraction of sp³-hybridized carbons (Fsp3) is 0.304. The predicted molar refractivity (Wildman–Crippen MR) is 121 cm³/mol. The minimum Gasteiger partial charge on any atom is -0.368 e. The summed E-state index contributed by atoms with van der Waals surface area (Å²) in [6.45, 7) is 3.32. The average Bonchev–Trinajstić information content (AvgIpc) is 3.01. The molecule has 1 saturated heterocycles. The van der Waals surface area contributed by atoms with Crippen LogP contribution in [0.4, 0.5) is 17.1 Å². The maximum atomic E-state index is 13.1. The minimum absolute atomic E-state index is 0.148. The molecule has 0 atom stereocenters. The number of nitrogens with zero attached hydrogens (tertiary/aromatic N) is 5. The van der Waals surface area contributed by atoms with Crippen LogP contribution < -0.4 is 14.7 Å². The predicted octanol–water partition coefficient (Wildman–Crippen LogP) is 3.35. The van der Waals surface area contributed by atoms with E-state index in [1.165, 1.54) is 0 Å². The molecular weight excluding hydrogens is 398 g/mol. The molecule has 2 aromatic carbocycles. The van der Waals surface area contributed by atoms with Crippen LogP contribution in [-0.4, -0.2) is 57.5 Å². The molecule has 6 nitrogen and oxygen atoms in total. The number of anilines is 3. The second kappa shape index (κ2) is 8.39. The van der Waals surface area contributed by atoms with Gasteiger partial charge in [-0.25, -0.2) is 0 Å². The van der Waals surface area contributed by atoms with E-state index >= 15 is 0 Å². The van der Waals surface area contributed by atoms with Crippen LogP contribution in [0.3, 0.4) is 0 Å². The molecule has 0 N–H and O–H groups in total. The smallest absolute Gasteiger partial charge is 0.191 e. The van der Waals surface area contributed by atoms with Crippen molar-refractivity contribution in [3.63, 3.8) is 0 Å². The Morgan fingerprint density at radius 1 is 0.933 bits per heavy atom. The number of halogens is 1. The van der Waals surface area contributed by atoms with Gasteiger partial charge in [-0.05, 0) is 24.3 Å². The van der Waals surface area contributed by atoms with Gasteiger partial charge >= 0.3 is 0 Å². The topological polar surface area (TPSA) is 53.8 Å². The lowest BCUT2D eigenvalue weighted by molar-refractivity contribution is -0.116. The van der Waals surface area contributed by atoms with Crippen LogP contribution in [0.15, 0.2) is 59.9 Å². The largest absolute Gasteiger partial charge is 0.368 e. The molecule has 2 aliphatic rings. The van der Waals surface area contributed by atoms with Gasteiger partial charge in [0, 0.05) is 40.3 Å². The molecule has 2 aromatic rings. The number of carbonyl (C=O) groups excluding carboxylic acids is 1. The summed E-state index contributed by atoms with van der Waals surface area (Å²) in [6.07, 6.45) is 0. The summed E-state index contributed by atoms with van der Waals surface area (Å²) in [5.41, 5.74) is 3.20. The Morgan fingerprint density at radius 2 is 1.47 bits per heavy atom. The van der Waals surface area contributed by atoms with Crippen molar-refractivity contribution in [1.82, 2.24) is 4.90 Å². The van der Waals surface area contributed by atoms with Crippen LogP contribution in [0, 0.1) is 11.3 Å². The van der Waals surface area contributed by atoms with E-state index in [4.69, 9.17) is 11.6 Å². The standard InChI is InChI=1S/C23H24ClN5O/c1-26-20-9-5-6-10-21(20)27(2)23(26)17(15-25)22(30)16-28-11-13-29(14-12-28)19-8-4-3-7-18(19)24/h3-10H,11-14,16H2,1-2H3. The summed E-state index contributed by atoms with van der Waals surface area (Å²) >= 11 is 6.32. The molecular formula is C23H24ClN5O. The molecule has 0 amide bonds. The van der Waals surface area contributed by atoms with Gasteiger partial charge < -0.3 is 14.7 Å². The zero-order valence-electron chi connectivity index (χ0n) is 17.2. The van der Waals surface area contributed by atoms with Gasteiger partial charge in [0.2, 0.25) is 0 Å². The summed E-state index contributed by atoms with van der Waals surface area (Å²) in [5.74, 6) is 0.489. The second-order valence-corrected chi connectivity index (χ2v) is 7.96. The number of hydrogen-bond donors (Lipinski definition) is 0. The molecule has 7 heteroatoms. The highest BCUT2D eigenvalue weighted by Gasteiger charge is 2.32. The van der Waals surface area contributed by atoms with Crippen LogP contribution in [0.1, 0.15) is 0 Å². The molecule has 0 unspecified atom stereocenters. The van der Waals surface area contributed by atoms with Crippen molar-refractivity contribution in [1.29, 1.82) is 5.26 Å². The summed E-state index contributed by atoms with van der Waals surface area (Å²) in [6, 6.07) is 17.9. The summed E-state index contributed by atoms with van der Waals surface area (Å²) < 4.78 is 0. The molecule has 2 aliphatic heterocycles. The number of hydrogen-bond acceptors (Lipinski definition) is 6. The molecule has 2 heterocycles. The third-order valence-electron chi connectivity index (χ3n) is 5.79. The van der Waals surface area contributed by atoms with E-state index in [9.17, 15) is 10.1 Å². The van der Waals surface area contributed by atoms with E-state index in [2.05, 4.69) is 15.9 Å². The van der Waals surface area contributed by atoms with Gasteiger partial charge in [-0.1, -0.05) is 35.9 Å². The van der Waals surface area contributed by atoms with Gasteiger partial charge in [0.15, 0.2) is 5.78 Å². The Labute approximate surface area is 182 Å². The number of Topliss-reactive ketones (excluding diaryl/α,β-unsaturated/α-hetero) is 1. The second-order valence-electron chi connectivity index (χ2n) is 7.55. The van der Waals surface area contributed by atoms with Crippen LogP contribution in [0.5, 0.6) is 0 Å². The minimum atomic E-state index is -0.148. The van der Waals surface area contributed by atoms with Crippen LogP contribution in [0.2, 0.25) is 5.02 Å². The monoisotopic (exact) mass is 421 g/mol. The van der Waals surface area contributed by atoms with Crippen molar-refractivity contribution in [2.24, 2.45) is 0 Å². The van der Waals surface area contributed by atoms with Crippen molar-refractivity contribution in [2.45, 2.75) is 0 Å². The third kappa shape index (κ3) is 3.62. The first-order valence-corrected chi connectivity index (χ1v) is 10.3. The summed E-state index contributed by atoms with van der Waals surface area (Å²) in [7, 11) is 3.79. The maximum Gasteiger partial charge on any atom is 0.191 e. The lowest BCUT2D eigenvalue weighted by atomic mass is 10.1. The number of carbonyl (C=O) groups is 1. The Bertz CT molecular complexity index is 1000. The molecule has 30 heavy (non-hydrogen) atoms. The molecule has 154 valence electrons. The quantitative estimate of drug-likeness (QED) is 0.557. The lowest BCUT2D eigenvalue weighted by Gasteiger charge is -2.36. The van der Waals surface area contributed by atoms with Gasteiger partial charge in [-0.2, -0.15) is 5.26 Å². The highest BCUT2D eigenvalue weighted by atomic mass is 35.5. The van der Waals surface area contributed by atoms with Crippen LogP contribution >= 0.6 is 11.6 Å². The van der Waals surface area contributed by atoms with Crippen molar-refractivity contribution >= 4 is 34.4 Å². The highest BCUT2D eigenvalue weighted by Crippen LogP contribution is 2.40. The summed E-state index contributed by atoms with van der Waals surface area (Å²) in [5, 5.41) is 10.5. The van der Waals surface area contributed by atoms with Crippen molar-refractivity contribution in [3.05, 3.63) is 64.9 Å². The highest BCUT2D eigenvalue weighted by molar-refractivity contribution is 6.33. The first-order valence-electron chi connectivity index (χ1n) is 9.97. The number of para-hydroxylation sites is 3. The van der Waals surface area contributed by atoms with E-state index in [0.29, 0.717) is 5.82 Å². The van der Waals surface area contributed by atoms with E-state index in [1.807, 2.05) is 72.4 Å². The Morgan fingerprint density at radius 3 is 2.00 bits per heavy atom. The normalized spacial score (nSPS) is 16.5. The van der Waals surface area contributed by atoms with Crippen molar-refractivity contribution in [3.8, 4) is 6.07 Å². The first kappa shape index (κ1) is 20.3. The number of ketones is 1. The van der Waals surface area contributed by atoms with Gasteiger partial charge in [0.25, 0.3) is 0 Å². The van der Waals surface area contributed by atoms with E-state index < -0.39 is 0 Å². The van der Waals surface area contributed by atoms with Crippen molar-refractivity contribution < 1.29 is 4.79 Å². The third-order valence-corrected chi connectivity index (χ3v) is 6.11. The van der Waals surface area contributed by atoms with Gasteiger partial charge in [0.1, 0.15) is 17.5 Å². The molecule has 0 saturated carbocycles. The number of fused-ring (bicyclic) bond motifs is 1. The Kier molecular flexibility index (Phi) is 5.67. The zero-order chi connectivity index (χ0) is 21.3. The fourth-order valence-electron chi connectivity index (χ4n) is 4.19. The number of piperazine rings is 1. The van der Waals surface area contributed by atoms with Crippen LogP contribution in [-0.2, 0) is 4.79 Å². The number of nitriles is 1. The van der Waals surface area contributed by atoms with E-state index in [-0.39, 0.29) is 17.9 Å².